The van der Waals surface area contributed by atoms with Gasteiger partial charge in [0.1, 0.15) is 0 Å². The Morgan fingerprint density at radius 2 is 2.21 bits per heavy atom. The molecule has 1 aliphatic carbocycles. The fourth-order valence-corrected chi connectivity index (χ4v) is 1.88. The number of hydrogen-bond donors (Lipinski definition) is 2. The van der Waals surface area contributed by atoms with Gasteiger partial charge in [-0.3, -0.25) is 10.1 Å². The number of nitrogens with one attached hydrogen (secondary N) is 1. The maximum atomic E-state index is 12.0. The Kier molecular flexibility index (Phi) is 2.98. The van der Waals surface area contributed by atoms with Crippen LogP contribution in [-0.4, -0.2) is 16.1 Å². The summed E-state index contributed by atoms with van der Waals surface area (Å²) >= 11 is 3.27. The third-order valence-corrected chi connectivity index (χ3v) is 3.57. The predicted molar refractivity (Wildman–Crippen MR) is 72.8 cm³/mol. The average Bonchev–Trinajstić information content (AvgIpc) is 3.14. The molecule has 1 aromatic carbocycles. The average molecular weight is 323 g/mol. The second-order valence-corrected chi connectivity index (χ2v) is 5.26. The van der Waals surface area contributed by atoms with Gasteiger partial charge in [-0.05, 0) is 47.0 Å². The first-order valence-electron chi connectivity index (χ1n) is 5.83. The van der Waals surface area contributed by atoms with Crippen LogP contribution in [0, 0.1) is 0 Å². The molecule has 6 nitrogen and oxygen atoms in total. The summed E-state index contributed by atoms with van der Waals surface area (Å²) in [7, 11) is 0. The molecule has 2 aromatic rings. The largest absolute Gasteiger partial charge is 0.408 e. The third kappa shape index (κ3) is 2.60. The smallest absolute Gasteiger partial charge is 0.322 e. The first kappa shape index (κ1) is 12.2. The molecule has 0 aliphatic heterocycles. The van der Waals surface area contributed by atoms with Crippen molar-refractivity contribution in [2.45, 2.75) is 18.8 Å². The van der Waals surface area contributed by atoms with E-state index in [1.807, 2.05) is 0 Å². The van der Waals surface area contributed by atoms with Crippen LogP contribution < -0.4 is 11.1 Å². The van der Waals surface area contributed by atoms with Crippen LogP contribution in [0.5, 0.6) is 0 Å². The lowest BCUT2D eigenvalue weighted by Crippen LogP contribution is -2.12. The Balaban J connectivity index is 1.74. The van der Waals surface area contributed by atoms with Crippen LogP contribution in [0.3, 0.4) is 0 Å². The summed E-state index contributed by atoms with van der Waals surface area (Å²) in [5.41, 5.74) is 6.66. The molecule has 1 fully saturated rings. The lowest BCUT2D eigenvalue weighted by Gasteiger charge is -2.03. The number of carbonyl (C=O) groups is 1. The molecule has 3 rings (SSSR count). The molecule has 7 heteroatoms. The van der Waals surface area contributed by atoms with Crippen LogP contribution in [0.1, 0.15) is 35.0 Å². The lowest BCUT2D eigenvalue weighted by atomic mass is 10.2. The van der Waals surface area contributed by atoms with E-state index in [4.69, 9.17) is 10.2 Å². The van der Waals surface area contributed by atoms with Gasteiger partial charge in [0.15, 0.2) is 0 Å². The van der Waals surface area contributed by atoms with Crippen molar-refractivity contribution in [3.05, 3.63) is 34.1 Å². The molecule has 0 bridgehead atoms. The highest BCUT2D eigenvalue weighted by Gasteiger charge is 2.29. The number of nitrogens with two attached hydrogens (primary N) is 1. The number of amides is 1. The van der Waals surface area contributed by atoms with Crippen LogP contribution in [0.4, 0.5) is 11.7 Å². The highest BCUT2D eigenvalue weighted by atomic mass is 79.9. The number of aromatic nitrogens is 2. The van der Waals surface area contributed by atoms with Crippen molar-refractivity contribution < 1.29 is 9.21 Å². The van der Waals surface area contributed by atoms with Crippen molar-refractivity contribution in [1.82, 2.24) is 10.2 Å². The summed E-state index contributed by atoms with van der Waals surface area (Å²) < 4.78 is 6.11. The summed E-state index contributed by atoms with van der Waals surface area (Å²) in [6.45, 7) is 0. The molecule has 98 valence electrons. The van der Waals surface area contributed by atoms with Crippen LogP contribution >= 0.6 is 15.9 Å². The van der Waals surface area contributed by atoms with Gasteiger partial charge in [-0.1, -0.05) is 5.10 Å². The number of hydrogen-bond acceptors (Lipinski definition) is 5. The van der Waals surface area contributed by atoms with Crippen molar-refractivity contribution in [3.8, 4) is 0 Å². The molecule has 0 atom stereocenters. The van der Waals surface area contributed by atoms with Crippen molar-refractivity contribution in [3.63, 3.8) is 0 Å². The maximum absolute atomic E-state index is 12.0. The minimum absolute atomic E-state index is 0.119. The molecule has 0 spiro atoms. The van der Waals surface area contributed by atoms with E-state index in [0.29, 0.717) is 23.1 Å². The Labute approximate surface area is 117 Å². The Bertz CT molecular complexity index is 636. The molecule has 1 aliphatic rings. The summed E-state index contributed by atoms with van der Waals surface area (Å²) in [6.07, 6.45) is 2.14. The van der Waals surface area contributed by atoms with Crippen LogP contribution in [-0.2, 0) is 0 Å². The predicted octanol–water partition coefficient (Wildman–Crippen LogP) is 2.54. The molecule has 1 amide bonds. The maximum Gasteiger partial charge on any atom is 0.322 e. The number of rotatable bonds is 3. The number of nitrogens with zero attached hydrogens (tertiary/aromatic N) is 2. The Hall–Kier alpha value is -1.89. The zero-order chi connectivity index (χ0) is 13.4. The van der Waals surface area contributed by atoms with E-state index in [1.54, 1.807) is 18.2 Å². The lowest BCUT2D eigenvalue weighted by molar-refractivity contribution is 0.102. The van der Waals surface area contributed by atoms with Crippen molar-refractivity contribution in [1.29, 1.82) is 0 Å². The van der Waals surface area contributed by atoms with Gasteiger partial charge in [0.25, 0.3) is 5.91 Å². The molecule has 1 aromatic heterocycles. The molecule has 3 N–H and O–H groups in total. The Morgan fingerprint density at radius 3 is 2.89 bits per heavy atom. The van der Waals surface area contributed by atoms with E-state index in [9.17, 15) is 4.79 Å². The van der Waals surface area contributed by atoms with Crippen molar-refractivity contribution in [2.75, 3.05) is 11.1 Å². The monoisotopic (exact) mass is 322 g/mol. The number of halogens is 1. The van der Waals surface area contributed by atoms with Crippen molar-refractivity contribution in [2.24, 2.45) is 0 Å². The fourth-order valence-electron chi connectivity index (χ4n) is 1.63. The van der Waals surface area contributed by atoms with E-state index in [-0.39, 0.29) is 11.9 Å². The quantitative estimate of drug-likeness (QED) is 0.847. The van der Waals surface area contributed by atoms with E-state index < -0.39 is 0 Å². The summed E-state index contributed by atoms with van der Waals surface area (Å²) in [5.74, 6) is 0.622. The minimum Gasteiger partial charge on any atom is -0.408 e. The van der Waals surface area contributed by atoms with Gasteiger partial charge in [-0.25, -0.2) is 0 Å². The van der Waals surface area contributed by atoms with Crippen LogP contribution in [0.25, 0.3) is 0 Å². The normalized spacial score (nSPS) is 14.4. The van der Waals surface area contributed by atoms with Gasteiger partial charge in [0, 0.05) is 21.6 Å². The molecule has 0 unspecified atom stereocenters. The second kappa shape index (κ2) is 4.65. The molecule has 19 heavy (non-hydrogen) atoms. The summed E-state index contributed by atoms with van der Waals surface area (Å²) in [5, 5.41) is 10.2. The van der Waals surface area contributed by atoms with Gasteiger partial charge in [-0.2, -0.15) is 0 Å². The van der Waals surface area contributed by atoms with E-state index in [1.165, 1.54) is 0 Å². The highest BCUT2D eigenvalue weighted by molar-refractivity contribution is 9.10. The molecule has 1 heterocycles. The van der Waals surface area contributed by atoms with E-state index in [0.717, 1.165) is 17.3 Å². The third-order valence-electron chi connectivity index (χ3n) is 2.85. The first-order chi connectivity index (χ1) is 9.13. The van der Waals surface area contributed by atoms with Gasteiger partial charge >= 0.3 is 6.01 Å². The summed E-state index contributed by atoms with van der Waals surface area (Å²) in [4.78, 5) is 12.0. The number of carbonyl (C=O) groups excluding carboxylic acids is 1. The topological polar surface area (TPSA) is 94.0 Å². The zero-order valence-electron chi connectivity index (χ0n) is 9.89. The SMILES string of the molecule is Nc1cc(C(=O)Nc2nnc(C3CC3)o2)ccc1Br. The van der Waals surface area contributed by atoms with E-state index in [2.05, 4.69) is 31.4 Å². The van der Waals surface area contributed by atoms with Crippen LogP contribution in [0.2, 0.25) is 0 Å². The molecular formula is C12H11BrN4O2. The molecule has 0 saturated heterocycles. The summed E-state index contributed by atoms with van der Waals surface area (Å²) in [6, 6.07) is 5.08. The number of anilines is 2. The zero-order valence-corrected chi connectivity index (χ0v) is 11.5. The second-order valence-electron chi connectivity index (χ2n) is 4.41. The van der Waals surface area contributed by atoms with Gasteiger partial charge in [0.2, 0.25) is 5.89 Å². The number of nitrogen functional groups attached to an aromatic ring is 1. The van der Waals surface area contributed by atoms with Gasteiger partial charge in [-0.15, -0.1) is 5.10 Å². The highest BCUT2D eigenvalue weighted by Crippen LogP contribution is 2.39. The van der Waals surface area contributed by atoms with Gasteiger partial charge in [0.05, 0.1) is 0 Å². The van der Waals surface area contributed by atoms with E-state index >= 15 is 0 Å². The fraction of sp³-hybridized carbons (Fsp3) is 0.250. The number of benzene rings is 1. The molecule has 0 radical (unpaired) electrons. The van der Waals surface area contributed by atoms with Gasteiger partial charge < -0.3 is 10.2 Å². The Morgan fingerprint density at radius 1 is 1.42 bits per heavy atom. The first-order valence-corrected chi connectivity index (χ1v) is 6.62. The standard InChI is InChI=1S/C12H11BrN4O2/c13-8-4-3-7(5-9(8)14)10(18)15-12-17-16-11(19-12)6-1-2-6/h3-6H,1-2,14H2,(H,15,17,18). The molecular weight excluding hydrogens is 312 g/mol. The minimum atomic E-state index is -0.329. The molecule has 1 saturated carbocycles. The van der Waals surface area contributed by atoms with Crippen molar-refractivity contribution >= 4 is 33.5 Å². The van der Waals surface area contributed by atoms with Crippen LogP contribution in [0.15, 0.2) is 27.1 Å².